The van der Waals surface area contributed by atoms with Crippen LogP contribution in [0.5, 0.6) is 0 Å². The summed E-state index contributed by atoms with van der Waals surface area (Å²) in [4.78, 5) is 4.66. The molecular formula is C17H26N2. The van der Waals surface area contributed by atoms with Crippen LogP contribution in [0, 0.1) is 5.92 Å². The molecule has 1 atom stereocenters. The molecule has 1 heterocycles. The second-order valence-corrected chi connectivity index (χ2v) is 5.33. The minimum Gasteiger partial charge on any atom is -0.325 e. The molecular weight excluding hydrogens is 232 g/mol. The fourth-order valence-electron chi connectivity index (χ4n) is 1.80. The molecule has 0 spiro atoms. The largest absolute Gasteiger partial charge is 0.325 e. The molecule has 2 rings (SSSR count). The smallest absolute Gasteiger partial charge is 0.0705 e. The van der Waals surface area contributed by atoms with E-state index < -0.39 is 0 Å². The predicted octanol–water partition coefficient (Wildman–Crippen LogP) is 4.18. The standard InChI is InChI=1S/C15H20N2.C2H6/c1-11(2)15(3,16)10-13-9-8-12-6-4-5-7-14(12)17-13;1-2/h4-9,11H,10,16H2,1-3H3;1-2H3. The summed E-state index contributed by atoms with van der Waals surface area (Å²) in [7, 11) is 0. The van der Waals surface area contributed by atoms with Crippen molar-refractivity contribution in [3.63, 3.8) is 0 Å². The monoisotopic (exact) mass is 258 g/mol. The lowest BCUT2D eigenvalue weighted by Gasteiger charge is -2.28. The molecule has 2 N–H and O–H groups in total. The van der Waals surface area contributed by atoms with Crippen molar-refractivity contribution in [2.75, 3.05) is 0 Å². The van der Waals surface area contributed by atoms with Gasteiger partial charge in [0.05, 0.1) is 5.52 Å². The van der Waals surface area contributed by atoms with Crippen LogP contribution in [0.15, 0.2) is 36.4 Å². The van der Waals surface area contributed by atoms with Gasteiger partial charge in [0.2, 0.25) is 0 Å². The van der Waals surface area contributed by atoms with Crippen molar-refractivity contribution < 1.29 is 0 Å². The average Bonchev–Trinajstić information content (AvgIpc) is 2.40. The van der Waals surface area contributed by atoms with E-state index in [1.54, 1.807) is 0 Å². The topological polar surface area (TPSA) is 38.9 Å². The zero-order chi connectivity index (χ0) is 14.5. The molecule has 2 aromatic rings. The number of hydrogen-bond donors (Lipinski definition) is 1. The van der Waals surface area contributed by atoms with Gasteiger partial charge in [0, 0.05) is 23.0 Å². The fraction of sp³-hybridized carbons (Fsp3) is 0.471. The Bertz CT molecular complexity index is 515. The average molecular weight is 258 g/mol. The Balaban J connectivity index is 0.000000861. The van der Waals surface area contributed by atoms with Gasteiger partial charge in [0.25, 0.3) is 0 Å². The van der Waals surface area contributed by atoms with Crippen LogP contribution in [0.4, 0.5) is 0 Å². The first-order valence-corrected chi connectivity index (χ1v) is 7.12. The Morgan fingerprint density at radius 3 is 2.37 bits per heavy atom. The quantitative estimate of drug-likeness (QED) is 0.897. The van der Waals surface area contributed by atoms with Crippen LogP contribution in [0.25, 0.3) is 10.9 Å². The predicted molar refractivity (Wildman–Crippen MR) is 84.2 cm³/mol. The molecule has 1 aromatic heterocycles. The highest BCUT2D eigenvalue weighted by Gasteiger charge is 2.23. The molecule has 0 aliphatic carbocycles. The van der Waals surface area contributed by atoms with Gasteiger partial charge in [-0.05, 0) is 25.0 Å². The molecule has 19 heavy (non-hydrogen) atoms. The van der Waals surface area contributed by atoms with Crippen LogP contribution < -0.4 is 5.73 Å². The van der Waals surface area contributed by atoms with Gasteiger partial charge in [-0.1, -0.05) is 52.0 Å². The Hall–Kier alpha value is -1.41. The summed E-state index contributed by atoms with van der Waals surface area (Å²) in [5, 5.41) is 1.18. The first kappa shape index (κ1) is 15.6. The first-order chi connectivity index (χ1) is 8.99. The van der Waals surface area contributed by atoms with E-state index in [-0.39, 0.29) is 5.54 Å². The SMILES string of the molecule is CC.CC(C)C(C)(N)Cc1ccc2ccccc2n1. The van der Waals surface area contributed by atoms with Gasteiger partial charge in [0.15, 0.2) is 0 Å². The van der Waals surface area contributed by atoms with Gasteiger partial charge in [-0.15, -0.1) is 0 Å². The maximum absolute atomic E-state index is 6.30. The molecule has 1 aromatic carbocycles. The van der Waals surface area contributed by atoms with E-state index >= 15 is 0 Å². The van der Waals surface area contributed by atoms with Crippen LogP contribution in [0.2, 0.25) is 0 Å². The van der Waals surface area contributed by atoms with Crippen LogP contribution in [0.3, 0.4) is 0 Å². The summed E-state index contributed by atoms with van der Waals surface area (Å²) in [6, 6.07) is 12.4. The molecule has 0 bridgehead atoms. The van der Waals surface area contributed by atoms with Crippen molar-refractivity contribution in [1.82, 2.24) is 4.98 Å². The van der Waals surface area contributed by atoms with Crippen molar-refractivity contribution in [1.29, 1.82) is 0 Å². The summed E-state index contributed by atoms with van der Waals surface area (Å²) in [6.45, 7) is 10.4. The summed E-state index contributed by atoms with van der Waals surface area (Å²) in [6.07, 6.45) is 0.815. The first-order valence-electron chi connectivity index (χ1n) is 7.12. The maximum Gasteiger partial charge on any atom is 0.0705 e. The molecule has 104 valence electrons. The van der Waals surface area contributed by atoms with Crippen molar-refractivity contribution in [3.05, 3.63) is 42.1 Å². The van der Waals surface area contributed by atoms with E-state index in [0.29, 0.717) is 5.92 Å². The van der Waals surface area contributed by atoms with Crippen molar-refractivity contribution >= 4 is 10.9 Å². The van der Waals surface area contributed by atoms with Crippen molar-refractivity contribution in [2.45, 2.75) is 46.6 Å². The zero-order valence-corrected chi connectivity index (χ0v) is 12.8. The lowest BCUT2D eigenvalue weighted by molar-refractivity contribution is 0.335. The normalized spacial score (nSPS) is 13.8. The minimum atomic E-state index is -0.199. The van der Waals surface area contributed by atoms with E-state index in [4.69, 9.17) is 5.73 Å². The van der Waals surface area contributed by atoms with Crippen LogP contribution in [-0.2, 0) is 6.42 Å². The number of rotatable bonds is 3. The molecule has 0 fully saturated rings. The van der Waals surface area contributed by atoms with Gasteiger partial charge in [-0.25, -0.2) is 0 Å². The summed E-state index contributed by atoms with van der Waals surface area (Å²) >= 11 is 0. The Kier molecular flexibility index (Phi) is 5.49. The Morgan fingerprint density at radius 2 is 1.74 bits per heavy atom. The second kappa shape index (κ2) is 6.67. The second-order valence-electron chi connectivity index (χ2n) is 5.33. The maximum atomic E-state index is 6.30. The number of benzene rings is 1. The number of fused-ring (bicyclic) bond motifs is 1. The fourth-order valence-corrected chi connectivity index (χ4v) is 1.80. The van der Waals surface area contributed by atoms with E-state index in [9.17, 15) is 0 Å². The van der Waals surface area contributed by atoms with Gasteiger partial charge in [0.1, 0.15) is 0 Å². The molecule has 1 unspecified atom stereocenters. The van der Waals surface area contributed by atoms with Gasteiger partial charge < -0.3 is 5.73 Å². The number of aromatic nitrogens is 1. The van der Waals surface area contributed by atoms with Crippen LogP contribution in [0.1, 0.15) is 40.3 Å². The molecule has 0 aliphatic heterocycles. The number of nitrogens with two attached hydrogens (primary N) is 1. The number of hydrogen-bond acceptors (Lipinski definition) is 2. The molecule has 2 nitrogen and oxygen atoms in total. The van der Waals surface area contributed by atoms with Crippen LogP contribution >= 0.6 is 0 Å². The molecule has 0 saturated carbocycles. The third kappa shape index (κ3) is 4.03. The van der Waals surface area contributed by atoms with E-state index in [1.165, 1.54) is 5.39 Å². The van der Waals surface area contributed by atoms with Crippen molar-refractivity contribution in [3.8, 4) is 0 Å². The summed E-state index contributed by atoms with van der Waals surface area (Å²) < 4.78 is 0. The van der Waals surface area contributed by atoms with E-state index in [1.807, 2.05) is 32.0 Å². The lowest BCUT2D eigenvalue weighted by atomic mass is 9.85. The molecule has 2 heteroatoms. The number of para-hydroxylation sites is 1. The molecule has 0 radical (unpaired) electrons. The lowest BCUT2D eigenvalue weighted by Crippen LogP contribution is -2.44. The summed E-state index contributed by atoms with van der Waals surface area (Å²) in [5.41, 5.74) is 8.21. The third-order valence-corrected chi connectivity index (χ3v) is 3.54. The molecule has 0 aliphatic rings. The number of nitrogens with zero attached hydrogens (tertiary/aromatic N) is 1. The Morgan fingerprint density at radius 1 is 1.11 bits per heavy atom. The minimum absolute atomic E-state index is 0.199. The summed E-state index contributed by atoms with van der Waals surface area (Å²) in [5.74, 6) is 0.441. The van der Waals surface area contributed by atoms with Crippen LogP contribution in [-0.4, -0.2) is 10.5 Å². The van der Waals surface area contributed by atoms with Gasteiger partial charge >= 0.3 is 0 Å². The van der Waals surface area contributed by atoms with E-state index in [0.717, 1.165) is 17.6 Å². The highest BCUT2D eigenvalue weighted by molar-refractivity contribution is 5.78. The third-order valence-electron chi connectivity index (χ3n) is 3.54. The zero-order valence-electron chi connectivity index (χ0n) is 12.8. The number of pyridine rings is 1. The highest BCUT2D eigenvalue weighted by Crippen LogP contribution is 2.20. The molecule has 0 saturated heterocycles. The van der Waals surface area contributed by atoms with Gasteiger partial charge in [-0.3, -0.25) is 4.98 Å². The van der Waals surface area contributed by atoms with E-state index in [2.05, 4.69) is 44.0 Å². The highest BCUT2D eigenvalue weighted by atomic mass is 14.8. The van der Waals surface area contributed by atoms with Crippen molar-refractivity contribution in [2.24, 2.45) is 11.7 Å². The Labute approximate surface area is 117 Å². The van der Waals surface area contributed by atoms with Gasteiger partial charge in [-0.2, -0.15) is 0 Å². The molecule has 0 amide bonds.